The maximum absolute atomic E-state index is 13.3. The van der Waals surface area contributed by atoms with Gasteiger partial charge in [-0.2, -0.15) is 8.42 Å². The predicted molar refractivity (Wildman–Crippen MR) is 110 cm³/mol. The van der Waals surface area contributed by atoms with Crippen molar-refractivity contribution in [3.05, 3.63) is 11.4 Å². The number of ether oxygens (including phenoxy) is 1. The normalized spacial score (nSPS) is 23.1. The van der Waals surface area contributed by atoms with Gasteiger partial charge in [0.15, 0.2) is 0 Å². The predicted octanol–water partition coefficient (Wildman–Crippen LogP) is 2.96. The van der Waals surface area contributed by atoms with Gasteiger partial charge in [-0.05, 0) is 32.8 Å². The van der Waals surface area contributed by atoms with E-state index in [-0.39, 0.29) is 37.0 Å². The van der Waals surface area contributed by atoms with Gasteiger partial charge >= 0.3 is 7.60 Å². The molecule has 0 spiro atoms. The molecule has 0 aromatic heterocycles. The Hall–Kier alpha value is -0.770. The molecule has 1 N–H and O–H groups in total. The highest BCUT2D eigenvalue weighted by Gasteiger charge is 2.44. The summed E-state index contributed by atoms with van der Waals surface area (Å²) in [6, 6.07) is -0.775. The molecule has 0 bridgehead atoms. The Morgan fingerprint density at radius 3 is 2.17 bits per heavy atom. The van der Waals surface area contributed by atoms with Crippen LogP contribution < -0.4 is 5.32 Å². The molecule has 0 heterocycles. The minimum absolute atomic E-state index is 0.0436. The molecule has 0 unspecified atom stereocenters. The van der Waals surface area contributed by atoms with Crippen molar-refractivity contribution in [3.63, 3.8) is 0 Å². The van der Waals surface area contributed by atoms with Crippen LogP contribution in [0.15, 0.2) is 11.4 Å². The van der Waals surface area contributed by atoms with Crippen LogP contribution in [0.5, 0.6) is 0 Å². The van der Waals surface area contributed by atoms with Crippen molar-refractivity contribution in [1.29, 1.82) is 0 Å². The molecule has 0 aromatic carbocycles. The molecule has 0 saturated heterocycles. The second-order valence-corrected chi connectivity index (χ2v) is 10.5. The zero-order valence-electron chi connectivity index (χ0n) is 18.0. The van der Waals surface area contributed by atoms with Crippen LogP contribution in [0.2, 0.25) is 0 Å². The minimum atomic E-state index is -3.85. The Bertz CT molecular complexity index is 709. The molecule has 11 heteroatoms. The third kappa shape index (κ3) is 8.11. The maximum atomic E-state index is 13.3. The highest BCUT2D eigenvalue weighted by molar-refractivity contribution is 7.86. The van der Waals surface area contributed by atoms with Gasteiger partial charge in [0.05, 0.1) is 37.7 Å². The van der Waals surface area contributed by atoms with Crippen molar-refractivity contribution in [2.75, 3.05) is 19.5 Å². The molecule has 0 radical (unpaired) electrons. The third-order valence-electron chi connectivity index (χ3n) is 4.40. The van der Waals surface area contributed by atoms with E-state index in [2.05, 4.69) is 5.32 Å². The van der Waals surface area contributed by atoms with Crippen LogP contribution in [-0.4, -0.2) is 58.1 Å². The van der Waals surface area contributed by atoms with Crippen LogP contribution in [0.4, 0.5) is 0 Å². The molecule has 1 rings (SSSR count). The van der Waals surface area contributed by atoms with Crippen molar-refractivity contribution in [1.82, 2.24) is 5.32 Å². The summed E-state index contributed by atoms with van der Waals surface area (Å²) in [5, 5.41) is 3.01. The highest BCUT2D eigenvalue weighted by atomic mass is 32.2. The number of amides is 1. The average Bonchev–Trinajstić information content (AvgIpc) is 2.60. The van der Waals surface area contributed by atoms with Gasteiger partial charge in [-0.15, -0.1) is 0 Å². The molecule has 0 aliphatic heterocycles. The molecule has 170 valence electrons. The third-order valence-corrected chi connectivity index (χ3v) is 7.23. The number of nitrogens with one attached hydrogen (secondary N) is 1. The molecular weight excluding hydrogens is 421 g/mol. The van der Waals surface area contributed by atoms with E-state index in [4.69, 9.17) is 18.0 Å². The quantitative estimate of drug-likeness (QED) is 0.353. The zero-order chi connectivity index (χ0) is 22.2. The van der Waals surface area contributed by atoms with Gasteiger partial charge in [0, 0.05) is 18.7 Å². The van der Waals surface area contributed by atoms with E-state index in [1.807, 2.05) is 13.8 Å². The van der Waals surface area contributed by atoms with Gasteiger partial charge in [-0.25, -0.2) is 0 Å². The first-order valence-corrected chi connectivity index (χ1v) is 13.3. The SMILES string of the molecule is CCOP(=O)(OCC)C1=C[C@@H](OC(CC)CC)[C@H](NC(C)=O)[C@H](OS(C)(=O)=O)C1. The van der Waals surface area contributed by atoms with Crippen molar-refractivity contribution in [3.8, 4) is 0 Å². The highest BCUT2D eigenvalue weighted by Crippen LogP contribution is 2.59. The van der Waals surface area contributed by atoms with Crippen LogP contribution in [0.3, 0.4) is 0 Å². The van der Waals surface area contributed by atoms with E-state index in [0.717, 1.165) is 19.1 Å². The minimum Gasteiger partial charge on any atom is -0.369 e. The maximum Gasteiger partial charge on any atom is 0.357 e. The first-order valence-electron chi connectivity index (χ1n) is 9.90. The summed E-state index contributed by atoms with van der Waals surface area (Å²) in [7, 11) is -7.52. The molecule has 0 saturated carbocycles. The molecule has 9 nitrogen and oxygen atoms in total. The fourth-order valence-electron chi connectivity index (χ4n) is 3.21. The Balaban J connectivity index is 3.45. The summed E-state index contributed by atoms with van der Waals surface area (Å²) in [6.07, 6.45) is 2.03. The fraction of sp³-hybridized carbons (Fsp3) is 0.833. The Kier molecular flexibility index (Phi) is 10.5. The van der Waals surface area contributed by atoms with E-state index in [1.165, 1.54) is 6.92 Å². The second kappa shape index (κ2) is 11.6. The summed E-state index contributed by atoms with van der Waals surface area (Å²) in [4.78, 5) is 11.8. The lowest BCUT2D eigenvalue weighted by molar-refractivity contribution is -0.122. The number of hydrogen-bond acceptors (Lipinski definition) is 8. The van der Waals surface area contributed by atoms with Crippen LogP contribution >= 0.6 is 7.60 Å². The molecular formula is C18H34NO8PS. The lowest BCUT2D eigenvalue weighted by Crippen LogP contribution is -2.54. The number of carbonyl (C=O) groups is 1. The molecule has 0 fully saturated rings. The Morgan fingerprint density at radius 2 is 1.76 bits per heavy atom. The number of carbonyl (C=O) groups excluding carboxylic acids is 1. The van der Waals surface area contributed by atoms with E-state index in [1.54, 1.807) is 19.9 Å². The van der Waals surface area contributed by atoms with Gasteiger partial charge in [0.25, 0.3) is 10.1 Å². The number of hydrogen-bond donors (Lipinski definition) is 1. The molecule has 1 aliphatic rings. The standard InChI is InChI=1S/C18H34NO8PS/c1-7-14(8-2)26-16-11-15(28(21,24-9-3)25-10-4)12-17(27-29(6,22)23)18(16)19-13(5)20/h11,14,16-18H,7-10,12H2,1-6H3,(H,19,20)/t16-,17-,18+/m1/s1. The molecule has 1 aliphatic carbocycles. The number of rotatable bonds is 12. The van der Waals surface area contributed by atoms with Crippen LogP contribution in [0, 0.1) is 0 Å². The van der Waals surface area contributed by atoms with Crippen molar-refractivity contribution in [2.24, 2.45) is 0 Å². The first-order chi connectivity index (χ1) is 13.5. The van der Waals surface area contributed by atoms with Crippen LogP contribution in [0.25, 0.3) is 0 Å². The lowest BCUT2D eigenvalue weighted by Gasteiger charge is -2.38. The van der Waals surface area contributed by atoms with Gasteiger partial charge in [0.1, 0.15) is 6.10 Å². The smallest absolute Gasteiger partial charge is 0.357 e. The molecule has 29 heavy (non-hydrogen) atoms. The summed E-state index contributed by atoms with van der Waals surface area (Å²) in [5.41, 5.74) is 0. The summed E-state index contributed by atoms with van der Waals surface area (Å²) in [6.45, 7) is 8.94. The van der Waals surface area contributed by atoms with Crippen molar-refractivity contribution < 1.29 is 35.7 Å². The monoisotopic (exact) mass is 455 g/mol. The van der Waals surface area contributed by atoms with Crippen LogP contribution in [0.1, 0.15) is 53.9 Å². The van der Waals surface area contributed by atoms with Crippen molar-refractivity contribution in [2.45, 2.75) is 78.2 Å². The lowest BCUT2D eigenvalue weighted by atomic mass is 9.95. The summed E-state index contributed by atoms with van der Waals surface area (Å²) in [5.74, 6) is -0.357. The summed E-state index contributed by atoms with van der Waals surface area (Å²) >= 11 is 0. The van der Waals surface area contributed by atoms with Crippen molar-refractivity contribution >= 4 is 23.6 Å². The largest absolute Gasteiger partial charge is 0.369 e. The average molecular weight is 456 g/mol. The summed E-state index contributed by atoms with van der Waals surface area (Å²) < 4.78 is 59.3. The zero-order valence-corrected chi connectivity index (χ0v) is 19.8. The Labute approximate surface area is 174 Å². The van der Waals surface area contributed by atoms with Gasteiger partial charge in [-0.1, -0.05) is 13.8 Å². The van der Waals surface area contributed by atoms with E-state index in [9.17, 15) is 17.8 Å². The van der Waals surface area contributed by atoms with E-state index < -0.39 is 36.0 Å². The second-order valence-electron chi connectivity index (χ2n) is 6.80. The molecule has 3 atom stereocenters. The van der Waals surface area contributed by atoms with Gasteiger partial charge in [0.2, 0.25) is 5.91 Å². The molecule has 1 amide bonds. The Morgan fingerprint density at radius 1 is 1.21 bits per heavy atom. The van der Waals surface area contributed by atoms with E-state index in [0.29, 0.717) is 0 Å². The van der Waals surface area contributed by atoms with E-state index >= 15 is 0 Å². The fourth-order valence-corrected chi connectivity index (χ4v) is 5.66. The van der Waals surface area contributed by atoms with Crippen LogP contribution in [-0.2, 0) is 37.4 Å². The first kappa shape index (κ1) is 26.3. The molecule has 0 aromatic rings. The van der Waals surface area contributed by atoms with Gasteiger partial charge in [-0.3, -0.25) is 13.5 Å². The topological polar surface area (TPSA) is 117 Å². The van der Waals surface area contributed by atoms with Gasteiger partial charge < -0.3 is 19.1 Å².